The van der Waals surface area contributed by atoms with Crippen LogP contribution in [0.2, 0.25) is 0 Å². The van der Waals surface area contributed by atoms with E-state index in [4.69, 9.17) is 5.73 Å². The fourth-order valence-corrected chi connectivity index (χ4v) is 2.38. The average Bonchev–Trinajstić information content (AvgIpc) is 2.70. The van der Waals surface area contributed by atoms with Gasteiger partial charge in [0.1, 0.15) is 5.82 Å². The average molecular weight is 223 g/mol. The van der Waals surface area contributed by atoms with Gasteiger partial charge >= 0.3 is 0 Å². The molecule has 0 amide bonds. The lowest BCUT2D eigenvalue weighted by Gasteiger charge is -2.20. The van der Waals surface area contributed by atoms with Crippen molar-refractivity contribution in [3.63, 3.8) is 0 Å². The van der Waals surface area contributed by atoms with Gasteiger partial charge in [-0.3, -0.25) is 0 Å². The Labute approximate surface area is 96.5 Å². The van der Waals surface area contributed by atoms with E-state index >= 15 is 0 Å². The second kappa shape index (κ2) is 3.77. The molecular formula is C12H21N3O. The summed E-state index contributed by atoms with van der Waals surface area (Å²) in [5.41, 5.74) is 6.92. The van der Waals surface area contributed by atoms with Gasteiger partial charge in [-0.25, -0.2) is 4.68 Å². The molecule has 1 aromatic rings. The molecule has 0 spiro atoms. The van der Waals surface area contributed by atoms with Crippen LogP contribution >= 0.6 is 0 Å². The monoisotopic (exact) mass is 223 g/mol. The summed E-state index contributed by atoms with van der Waals surface area (Å²) in [6.45, 7) is 6.26. The number of rotatable bonds is 1. The van der Waals surface area contributed by atoms with Gasteiger partial charge < -0.3 is 10.8 Å². The van der Waals surface area contributed by atoms with E-state index in [-0.39, 0.29) is 11.6 Å². The Morgan fingerprint density at radius 2 is 2.12 bits per heavy atom. The van der Waals surface area contributed by atoms with Crippen molar-refractivity contribution in [1.29, 1.82) is 0 Å². The van der Waals surface area contributed by atoms with Crippen LogP contribution in [0.15, 0.2) is 6.07 Å². The van der Waals surface area contributed by atoms with Crippen LogP contribution in [-0.2, 0) is 5.54 Å². The first-order valence-electron chi connectivity index (χ1n) is 5.92. The maximum absolute atomic E-state index is 9.53. The first-order chi connectivity index (χ1) is 7.38. The third-order valence-electron chi connectivity index (χ3n) is 3.21. The van der Waals surface area contributed by atoms with Crippen LogP contribution in [0.4, 0.5) is 5.82 Å². The smallest absolute Gasteiger partial charge is 0.122 e. The molecule has 0 radical (unpaired) electrons. The zero-order valence-electron chi connectivity index (χ0n) is 10.3. The molecule has 90 valence electrons. The summed E-state index contributed by atoms with van der Waals surface area (Å²) < 4.78 is 1.87. The molecule has 0 aromatic carbocycles. The molecule has 1 fully saturated rings. The number of nitrogens with two attached hydrogens (primary N) is 1. The zero-order valence-corrected chi connectivity index (χ0v) is 10.3. The fourth-order valence-electron chi connectivity index (χ4n) is 2.38. The third kappa shape index (κ3) is 2.07. The van der Waals surface area contributed by atoms with Gasteiger partial charge in [-0.1, -0.05) is 0 Å². The van der Waals surface area contributed by atoms with Crippen molar-refractivity contribution < 1.29 is 5.11 Å². The molecule has 2 atom stereocenters. The van der Waals surface area contributed by atoms with Gasteiger partial charge in [0, 0.05) is 12.0 Å². The molecule has 16 heavy (non-hydrogen) atoms. The lowest BCUT2D eigenvalue weighted by Crippen LogP contribution is -2.24. The summed E-state index contributed by atoms with van der Waals surface area (Å²) in [4.78, 5) is 0. The van der Waals surface area contributed by atoms with E-state index in [0.717, 1.165) is 25.0 Å². The Balaban J connectivity index is 2.24. The Bertz CT molecular complexity index is 378. The predicted octanol–water partition coefficient (Wildman–Crippen LogP) is 1.85. The molecule has 1 unspecified atom stereocenters. The normalized spacial score (nSPS) is 26.2. The maximum Gasteiger partial charge on any atom is 0.122 e. The van der Waals surface area contributed by atoms with Gasteiger partial charge in [-0.15, -0.1) is 0 Å². The number of anilines is 1. The number of aromatic nitrogens is 2. The minimum atomic E-state index is -0.161. The van der Waals surface area contributed by atoms with Crippen LogP contribution in [-0.4, -0.2) is 21.0 Å². The van der Waals surface area contributed by atoms with E-state index < -0.39 is 0 Å². The molecule has 4 heteroatoms. The predicted molar refractivity (Wildman–Crippen MR) is 64.2 cm³/mol. The number of nitrogen functional groups attached to an aromatic ring is 1. The number of hydrogen-bond acceptors (Lipinski definition) is 3. The third-order valence-corrected chi connectivity index (χ3v) is 3.21. The fraction of sp³-hybridized carbons (Fsp3) is 0.750. The molecular weight excluding hydrogens is 202 g/mol. The second-order valence-electron chi connectivity index (χ2n) is 5.74. The Morgan fingerprint density at radius 1 is 1.44 bits per heavy atom. The summed E-state index contributed by atoms with van der Waals surface area (Å²) in [5.74, 6) is 1.09. The Morgan fingerprint density at radius 3 is 2.56 bits per heavy atom. The van der Waals surface area contributed by atoms with E-state index in [1.54, 1.807) is 0 Å². The van der Waals surface area contributed by atoms with E-state index in [1.165, 1.54) is 0 Å². The van der Waals surface area contributed by atoms with Crippen molar-refractivity contribution >= 4 is 5.82 Å². The molecule has 1 aliphatic rings. The molecule has 1 saturated carbocycles. The molecule has 1 aromatic heterocycles. The quantitative estimate of drug-likeness (QED) is 0.763. The number of nitrogens with zero attached hydrogens (tertiary/aromatic N) is 2. The number of aliphatic hydroxyl groups excluding tert-OH is 1. The van der Waals surface area contributed by atoms with Crippen molar-refractivity contribution in [2.75, 3.05) is 5.73 Å². The van der Waals surface area contributed by atoms with Gasteiger partial charge in [0.2, 0.25) is 0 Å². The molecule has 2 rings (SSSR count). The molecule has 0 bridgehead atoms. The van der Waals surface area contributed by atoms with E-state index in [1.807, 2.05) is 10.7 Å². The van der Waals surface area contributed by atoms with Crippen LogP contribution < -0.4 is 5.73 Å². The highest BCUT2D eigenvalue weighted by Gasteiger charge is 2.28. The lowest BCUT2D eigenvalue weighted by atomic mass is 10.0. The minimum Gasteiger partial charge on any atom is -0.393 e. The molecule has 0 aliphatic heterocycles. The zero-order chi connectivity index (χ0) is 11.9. The van der Waals surface area contributed by atoms with E-state index in [0.29, 0.717) is 11.7 Å². The van der Waals surface area contributed by atoms with Gasteiger partial charge in [0.05, 0.1) is 17.3 Å². The van der Waals surface area contributed by atoms with Gasteiger partial charge in [0.15, 0.2) is 0 Å². The van der Waals surface area contributed by atoms with Crippen LogP contribution in [0.1, 0.15) is 51.6 Å². The molecule has 1 aliphatic carbocycles. The number of aliphatic hydroxyl groups is 1. The van der Waals surface area contributed by atoms with Crippen molar-refractivity contribution in [2.45, 2.75) is 57.6 Å². The summed E-state index contributed by atoms with van der Waals surface area (Å²) in [6.07, 6.45) is 2.56. The minimum absolute atomic E-state index is 0.0838. The van der Waals surface area contributed by atoms with Crippen molar-refractivity contribution in [2.24, 2.45) is 0 Å². The summed E-state index contributed by atoms with van der Waals surface area (Å²) in [6, 6.07) is 1.95. The van der Waals surface area contributed by atoms with Crippen molar-refractivity contribution in [3.05, 3.63) is 11.8 Å². The topological polar surface area (TPSA) is 64.1 Å². The van der Waals surface area contributed by atoms with Gasteiger partial charge in [0.25, 0.3) is 0 Å². The first kappa shape index (κ1) is 11.5. The van der Waals surface area contributed by atoms with Crippen molar-refractivity contribution in [3.8, 4) is 0 Å². The Hall–Kier alpha value is -1.03. The van der Waals surface area contributed by atoms with Crippen LogP contribution in [0.5, 0.6) is 0 Å². The van der Waals surface area contributed by atoms with Gasteiger partial charge in [-0.2, -0.15) is 5.10 Å². The molecule has 3 N–H and O–H groups in total. The summed E-state index contributed by atoms with van der Waals surface area (Å²) in [5, 5.41) is 14.1. The molecule has 1 heterocycles. The summed E-state index contributed by atoms with van der Waals surface area (Å²) >= 11 is 0. The molecule has 4 nitrogen and oxygen atoms in total. The lowest BCUT2D eigenvalue weighted by molar-refractivity contribution is 0.181. The highest BCUT2D eigenvalue weighted by molar-refractivity contribution is 5.34. The standard InChI is InChI=1S/C12H21N3O/c1-12(2,3)15-11(13)7-10(14-15)8-4-5-9(16)6-8/h7-9,16H,4-6,13H2,1-3H3/t8-,9?/m1/s1. The number of hydrogen-bond donors (Lipinski definition) is 2. The van der Waals surface area contributed by atoms with Crippen LogP contribution in [0, 0.1) is 0 Å². The van der Waals surface area contributed by atoms with Crippen molar-refractivity contribution in [1.82, 2.24) is 9.78 Å². The second-order valence-corrected chi connectivity index (χ2v) is 5.74. The highest BCUT2D eigenvalue weighted by atomic mass is 16.3. The highest BCUT2D eigenvalue weighted by Crippen LogP contribution is 2.35. The Kier molecular flexibility index (Phi) is 2.70. The molecule has 0 saturated heterocycles. The van der Waals surface area contributed by atoms with Crippen LogP contribution in [0.25, 0.3) is 0 Å². The summed E-state index contributed by atoms with van der Waals surface area (Å²) in [7, 11) is 0. The SMILES string of the molecule is CC(C)(C)n1nc([C@@H]2CCC(O)C2)cc1N. The first-order valence-corrected chi connectivity index (χ1v) is 5.92. The van der Waals surface area contributed by atoms with E-state index in [2.05, 4.69) is 25.9 Å². The van der Waals surface area contributed by atoms with E-state index in [9.17, 15) is 5.11 Å². The van der Waals surface area contributed by atoms with Crippen LogP contribution in [0.3, 0.4) is 0 Å². The largest absolute Gasteiger partial charge is 0.393 e. The maximum atomic E-state index is 9.53. The van der Waals surface area contributed by atoms with Gasteiger partial charge in [-0.05, 0) is 40.0 Å².